The van der Waals surface area contributed by atoms with Crippen molar-refractivity contribution in [1.82, 2.24) is 4.90 Å². The van der Waals surface area contributed by atoms with E-state index in [0.717, 1.165) is 5.56 Å². The SMILES string of the molecule is CC(=O)O[C@@H]1[C@@H](OCc2ccccc2)[C@H](OC(C)=O)[C@@H]2CO[C@H]1N2C(=O)Nc1ccccc1. The van der Waals surface area contributed by atoms with Crippen LogP contribution in [0.15, 0.2) is 60.7 Å². The van der Waals surface area contributed by atoms with E-state index >= 15 is 0 Å². The minimum atomic E-state index is -0.990. The first-order chi connectivity index (χ1) is 15.9. The van der Waals surface area contributed by atoms with E-state index in [-0.39, 0.29) is 13.2 Å². The number of nitrogens with zero attached hydrogens (tertiary/aromatic N) is 1. The van der Waals surface area contributed by atoms with Gasteiger partial charge >= 0.3 is 18.0 Å². The second-order valence-electron chi connectivity index (χ2n) is 7.90. The summed E-state index contributed by atoms with van der Waals surface area (Å²) in [5.74, 6) is -1.10. The van der Waals surface area contributed by atoms with Gasteiger partial charge in [0.25, 0.3) is 0 Å². The molecule has 0 unspecified atom stereocenters. The fraction of sp³-hybridized carbons (Fsp3) is 0.375. The molecule has 9 nitrogen and oxygen atoms in total. The summed E-state index contributed by atoms with van der Waals surface area (Å²) in [7, 11) is 0. The Kier molecular flexibility index (Phi) is 6.90. The van der Waals surface area contributed by atoms with Crippen LogP contribution in [-0.4, -0.2) is 60.1 Å². The number of nitrogens with one attached hydrogen (secondary N) is 1. The van der Waals surface area contributed by atoms with Gasteiger partial charge in [-0.1, -0.05) is 48.5 Å². The number of piperidine rings is 1. The van der Waals surface area contributed by atoms with Crippen molar-refractivity contribution in [3.8, 4) is 0 Å². The number of carbonyl (C=O) groups is 3. The Balaban J connectivity index is 1.62. The maximum Gasteiger partial charge on any atom is 0.324 e. The number of anilines is 1. The van der Waals surface area contributed by atoms with Crippen molar-refractivity contribution in [3.63, 3.8) is 0 Å². The van der Waals surface area contributed by atoms with Gasteiger partial charge in [-0.15, -0.1) is 0 Å². The highest BCUT2D eigenvalue weighted by molar-refractivity contribution is 5.90. The van der Waals surface area contributed by atoms with Crippen molar-refractivity contribution < 1.29 is 33.3 Å². The molecule has 2 aliphatic rings. The third-order valence-corrected chi connectivity index (χ3v) is 5.53. The van der Waals surface area contributed by atoms with Gasteiger partial charge in [0.2, 0.25) is 0 Å². The second kappa shape index (κ2) is 10.0. The van der Waals surface area contributed by atoms with E-state index < -0.39 is 48.6 Å². The van der Waals surface area contributed by atoms with E-state index in [2.05, 4.69) is 5.32 Å². The van der Waals surface area contributed by atoms with Crippen LogP contribution >= 0.6 is 0 Å². The second-order valence-corrected chi connectivity index (χ2v) is 7.90. The molecule has 2 aromatic rings. The summed E-state index contributed by atoms with van der Waals surface area (Å²) < 4.78 is 23.2. The molecule has 0 saturated carbocycles. The molecule has 2 fully saturated rings. The molecule has 1 N–H and O–H groups in total. The van der Waals surface area contributed by atoms with Gasteiger partial charge in [-0.3, -0.25) is 14.5 Å². The molecular formula is C24H26N2O7. The Labute approximate surface area is 191 Å². The van der Waals surface area contributed by atoms with Gasteiger partial charge < -0.3 is 24.3 Å². The Morgan fingerprint density at radius 3 is 2.15 bits per heavy atom. The number of hydrogen-bond acceptors (Lipinski definition) is 7. The maximum absolute atomic E-state index is 13.2. The number of para-hydroxylation sites is 1. The molecule has 33 heavy (non-hydrogen) atoms. The van der Waals surface area contributed by atoms with Crippen molar-refractivity contribution in [1.29, 1.82) is 0 Å². The zero-order valence-corrected chi connectivity index (χ0v) is 18.4. The number of rotatable bonds is 6. The quantitative estimate of drug-likeness (QED) is 0.670. The van der Waals surface area contributed by atoms with Crippen LogP contribution in [-0.2, 0) is 35.1 Å². The number of esters is 2. The van der Waals surface area contributed by atoms with Crippen LogP contribution < -0.4 is 5.32 Å². The fourth-order valence-corrected chi connectivity index (χ4v) is 4.21. The monoisotopic (exact) mass is 454 g/mol. The van der Waals surface area contributed by atoms with Crippen LogP contribution in [0.4, 0.5) is 10.5 Å². The number of benzene rings is 2. The minimum absolute atomic E-state index is 0.105. The molecule has 4 rings (SSSR count). The Hall–Kier alpha value is -3.43. The first-order valence-electron chi connectivity index (χ1n) is 10.7. The topological polar surface area (TPSA) is 103 Å². The highest BCUT2D eigenvalue weighted by atomic mass is 16.6. The molecule has 2 saturated heterocycles. The maximum atomic E-state index is 13.2. The van der Waals surface area contributed by atoms with Gasteiger partial charge in [-0.05, 0) is 17.7 Å². The van der Waals surface area contributed by atoms with E-state index in [1.54, 1.807) is 24.3 Å². The molecular weight excluding hydrogens is 428 g/mol. The summed E-state index contributed by atoms with van der Waals surface area (Å²) >= 11 is 0. The van der Waals surface area contributed by atoms with Gasteiger partial charge in [-0.25, -0.2) is 4.79 Å². The van der Waals surface area contributed by atoms with Crippen molar-refractivity contribution in [3.05, 3.63) is 66.2 Å². The van der Waals surface area contributed by atoms with Crippen LogP contribution in [0.2, 0.25) is 0 Å². The van der Waals surface area contributed by atoms with Gasteiger partial charge in [0.15, 0.2) is 18.4 Å². The number of hydrogen-bond donors (Lipinski definition) is 1. The predicted molar refractivity (Wildman–Crippen MR) is 117 cm³/mol. The molecule has 2 bridgehead atoms. The first kappa shape index (κ1) is 22.8. The van der Waals surface area contributed by atoms with Crippen molar-refractivity contribution in [2.75, 3.05) is 11.9 Å². The summed E-state index contributed by atoms with van der Waals surface area (Å²) in [4.78, 5) is 38.5. The number of carbonyl (C=O) groups excluding carboxylic acids is 3. The summed E-state index contributed by atoms with van der Waals surface area (Å²) in [5.41, 5.74) is 1.50. The van der Waals surface area contributed by atoms with E-state index in [1.807, 2.05) is 36.4 Å². The molecule has 2 aliphatic heterocycles. The Morgan fingerprint density at radius 1 is 0.909 bits per heavy atom. The minimum Gasteiger partial charge on any atom is -0.457 e. The highest BCUT2D eigenvalue weighted by Gasteiger charge is 2.59. The molecule has 174 valence electrons. The van der Waals surface area contributed by atoms with Crippen molar-refractivity contribution in [2.45, 2.75) is 51.0 Å². The van der Waals surface area contributed by atoms with E-state index in [4.69, 9.17) is 18.9 Å². The summed E-state index contributed by atoms with van der Waals surface area (Å²) in [6.45, 7) is 2.86. The number of ether oxygens (including phenoxy) is 4. The zero-order valence-electron chi connectivity index (χ0n) is 18.4. The van der Waals surface area contributed by atoms with Gasteiger partial charge in [0.1, 0.15) is 6.10 Å². The lowest BCUT2D eigenvalue weighted by Crippen LogP contribution is -2.66. The van der Waals surface area contributed by atoms with E-state index in [0.29, 0.717) is 5.69 Å². The largest absolute Gasteiger partial charge is 0.457 e. The standard InChI is InChI=1S/C24H26N2O7/c1-15(27)32-20-19-14-31-23(26(19)24(29)25-18-11-7-4-8-12-18)22(33-16(2)28)21(20)30-13-17-9-5-3-6-10-17/h3-12,19-23H,13-14H2,1-2H3,(H,25,29)/t19-,20+,21-,22+,23+/m0/s1. The van der Waals surface area contributed by atoms with Crippen LogP contribution in [0.25, 0.3) is 0 Å². The van der Waals surface area contributed by atoms with Gasteiger partial charge in [-0.2, -0.15) is 0 Å². The molecule has 2 heterocycles. The molecule has 5 atom stereocenters. The smallest absolute Gasteiger partial charge is 0.324 e. The molecule has 0 spiro atoms. The molecule has 2 aromatic carbocycles. The molecule has 2 amide bonds. The molecule has 0 aliphatic carbocycles. The lowest BCUT2D eigenvalue weighted by molar-refractivity contribution is -0.212. The molecule has 0 radical (unpaired) electrons. The molecule has 9 heteroatoms. The van der Waals surface area contributed by atoms with Crippen molar-refractivity contribution >= 4 is 23.7 Å². The van der Waals surface area contributed by atoms with Crippen LogP contribution in [0.1, 0.15) is 19.4 Å². The average molecular weight is 454 g/mol. The lowest BCUT2D eigenvalue weighted by Gasteiger charge is -2.45. The average Bonchev–Trinajstić information content (AvgIpc) is 3.17. The van der Waals surface area contributed by atoms with Gasteiger partial charge in [0.05, 0.1) is 19.3 Å². The van der Waals surface area contributed by atoms with Gasteiger partial charge in [0, 0.05) is 19.5 Å². The van der Waals surface area contributed by atoms with Crippen LogP contribution in [0, 0.1) is 0 Å². The fourth-order valence-electron chi connectivity index (χ4n) is 4.21. The predicted octanol–water partition coefficient (Wildman–Crippen LogP) is 2.71. The highest BCUT2D eigenvalue weighted by Crippen LogP contribution is 2.37. The Morgan fingerprint density at radius 2 is 1.52 bits per heavy atom. The summed E-state index contributed by atoms with van der Waals surface area (Å²) in [6, 6.07) is 17.3. The van der Waals surface area contributed by atoms with E-state index in [1.165, 1.54) is 18.7 Å². The summed E-state index contributed by atoms with van der Waals surface area (Å²) in [5, 5.41) is 2.82. The van der Waals surface area contributed by atoms with Crippen molar-refractivity contribution in [2.24, 2.45) is 0 Å². The third-order valence-electron chi connectivity index (χ3n) is 5.53. The van der Waals surface area contributed by atoms with E-state index in [9.17, 15) is 14.4 Å². The number of urea groups is 1. The molecule has 0 aromatic heterocycles. The van der Waals surface area contributed by atoms with Crippen LogP contribution in [0.5, 0.6) is 0 Å². The third kappa shape index (κ3) is 5.15. The summed E-state index contributed by atoms with van der Waals surface area (Å²) in [6.07, 6.45) is -3.60. The zero-order chi connectivity index (χ0) is 23.4. The number of fused-ring (bicyclic) bond motifs is 2. The lowest BCUT2D eigenvalue weighted by atomic mass is 9.94. The number of amides is 2. The van der Waals surface area contributed by atoms with Crippen LogP contribution in [0.3, 0.4) is 0 Å². The Bertz CT molecular complexity index is 953. The first-order valence-corrected chi connectivity index (χ1v) is 10.7. The normalized spacial score (nSPS) is 25.9.